The highest BCUT2D eigenvalue weighted by molar-refractivity contribution is 5.67. The number of aliphatic hydroxyl groups excluding tert-OH is 1. The standard InChI is InChI=1S/C24H32N8O3/c1-16-22(27-18-6-9-34-13-18)28-23(17-4-3-5-20(10-17)35-14-19(33)11-25-2)29-24(16)31-7-8-32-15-26-30-21(32)12-31/h3-5,10,15,18-19,25,33H,6-9,11-14H2,1-2H3,(H,27,28,29). The van der Waals surface area contributed by atoms with Crippen LogP contribution in [-0.4, -0.2) is 81.9 Å². The normalized spacial score (nSPS) is 18.4. The van der Waals surface area contributed by atoms with Crippen LogP contribution in [0.25, 0.3) is 11.4 Å². The average Bonchev–Trinajstić information content (AvgIpc) is 3.56. The molecule has 0 saturated carbocycles. The summed E-state index contributed by atoms with van der Waals surface area (Å²) in [5.74, 6) is 3.88. The smallest absolute Gasteiger partial charge is 0.164 e. The molecule has 0 radical (unpaired) electrons. The van der Waals surface area contributed by atoms with Gasteiger partial charge in [0.05, 0.1) is 19.2 Å². The van der Waals surface area contributed by atoms with Gasteiger partial charge in [0.2, 0.25) is 0 Å². The maximum atomic E-state index is 9.99. The Kier molecular flexibility index (Phi) is 7.07. The van der Waals surface area contributed by atoms with E-state index in [0.717, 1.165) is 54.7 Å². The molecular formula is C24H32N8O3. The fourth-order valence-electron chi connectivity index (χ4n) is 4.38. The first-order chi connectivity index (χ1) is 17.1. The lowest BCUT2D eigenvalue weighted by atomic mass is 10.1. The fraction of sp³-hybridized carbons (Fsp3) is 0.500. The number of hydrogen-bond donors (Lipinski definition) is 3. The molecule has 0 spiro atoms. The maximum absolute atomic E-state index is 9.99. The molecule has 186 valence electrons. The van der Waals surface area contributed by atoms with Gasteiger partial charge in [0, 0.05) is 37.4 Å². The molecular weight excluding hydrogens is 448 g/mol. The number of nitrogens with one attached hydrogen (secondary N) is 2. The number of ether oxygens (including phenoxy) is 2. The molecule has 11 nitrogen and oxygen atoms in total. The number of anilines is 2. The average molecular weight is 481 g/mol. The number of hydrogen-bond acceptors (Lipinski definition) is 10. The van der Waals surface area contributed by atoms with Gasteiger partial charge in [-0.3, -0.25) is 0 Å². The molecule has 3 N–H and O–H groups in total. The Morgan fingerprint density at radius 2 is 2.20 bits per heavy atom. The molecule has 0 aliphatic carbocycles. The van der Waals surface area contributed by atoms with Gasteiger partial charge in [-0.25, -0.2) is 9.97 Å². The Bertz CT molecular complexity index is 1150. The summed E-state index contributed by atoms with van der Waals surface area (Å²) in [6.45, 7) is 6.39. The van der Waals surface area contributed by atoms with Crippen molar-refractivity contribution in [3.05, 3.63) is 42.0 Å². The van der Waals surface area contributed by atoms with Crippen LogP contribution in [0.4, 0.5) is 11.6 Å². The summed E-state index contributed by atoms with van der Waals surface area (Å²) in [5, 5.41) is 24.8. The maximum Gasteiger partial charge on any atom is 0.164 e. The van der Waals surface area contributed by atoms with E-state index in [4.69, 9.17) is 19.4 Å². The van der Waals surface area contributed by atoms with Gasteiger partial charge in [-0.2, -0.15) is 0 Å². The monoisotopic (exact) mass is 480 g/mol. The summed E-state index contributed by atoms with van der Waals surface area (Å²) in [7, 11) is 1.80. The number of benzene rings is 1. The van der Waals surface area contributed by atoms with Gasteiger partial charge in [-0.1, -0.05) is 12.1 Å². The lowest BCUT2D eigenvalue weighted by Crippen LogP contribution is -2.35. The summed E-state index contributed by atoms with van der Waals surface area (Å²) in [5.41, 5.74) is 1.84. The van der Waals surface area contributed by atoms with Crippen LogP contribution >= 0.6 is 0 Å². The molecule has 0 bridgehead atoms. The van der Waals surface area contributed by atoms with Crippen molar-refractivity contribution in [1.82, 2.24) is 30.0 Å². The first-order valence-corrected chi connectivity index (χ1v) is 12.0. The Morgan fingerprint density at radius 3 is 3.03 bits per heavy atom. The van der Waals surface area contributed by atoms with Crippen molar-refractivity contribution >= 4 is 11.6 Å². The second kappa shape index (κ2) is 10.5. The number of rotatable bonds is 9. The Labute approximate surface area is 204 Å². The zero-order valence-corrected chi connectivity index (χ0v) is 20.1. The largest absolute Gasteiger partial charge is 0.491 e. The highest BCUT2D eigenvalue weighted by atomic mass is 16.5. The third kappa shape index (κ3) is 5.37. The SMILES string of the molecule is CNCC(O)COc1cccc(-c2nc(NC3CCOC3)c(C)c(N3CCn4cnnc4C3)n2)c1. The minimum atomic E-state index is -0.587. The van der Waals surface area contributed by atoms with E-state index in [9.17, 15) is 5.11 Å². The topological polar surface area (TPSA) is 122 Å². The Balaban J connectivity index is 1.46. The van der Waals surface area contributed by atoms with Gasteiger partial charge in [0.15, 0.2) is 11.6 Å². The van der Waals surface area contributed by atoms with Crippen molar-refractivity contribution in [1.29, 1.82) is 0 Å². The summed E-state index contributed by atoms with van der Waals surface area (Å²) in [4.78, 5) is 12.1. The van der Waals surface area contributed by atoms with Crippen LogP contribution in [0.15, 0.2) is 30.6 Å². The highest BCUT2D eigenvalue weighted by Gasteiger charge is 2.25. The summed E-state index contributed by atoms with van der Waals surface area (Å²) in [6.07, 6.45) is 2.13. The lowest BCUT2D eigenvalue weighted by Gasteiger charge is -2.30. The van der Waals surface area contributed by atoms with E-state index in [1.165, 1.54) is 0 Å². The highest BCUT2D eigenvalue weighted by Crippen LogP contribution is 2.31. The van der Waals surface area contributed by atoms with Crippen molar-refractivity contribution in [2.45, 2.75) is 38.6 Å². The van der Waals surface area contributed by atoms with Crippen molar-refractivity contribution in [3.8, 4) is 17.1 Å². The minimum absolute atomic E-state index is 0.202. The zero-order chi connectivity index (χ0) is 24.2. The second-order valence-corrected chi connectivity index (χ2v) is 8.96. The van der Waals surface area contributed by atoms with Crippen molar-refractivity contribution in [3.63, 3.8) is 0 Å². The van der Waals surface area contributed by atoms with Crippen LogP contribution in [-0.2, 0) is 17.8 Å². The molecule has 1 aromatic carbocycles. The van der Waals surface area contributed by atoms with Gasteiger partial charge in [-0.05, 0) is 32.5 Å². The van der Waals surface area contributed by atoms with Crippen LogP contribution in [0.2, 0.25) is 0 Å². The van der Waals surface area contributed by atoms with E-state index in [0.29, 0.717) is 31.3 Å². The van der Waals surface area contributed by atoms with Crippen molar-refractivity contribution in [2.24, 2.45) is 0 Å². The number of aliphatic hydroxyl groups is 1. The molecule has 5 rings (SSSR count). The lowest BCUT2D eigenvalue weighted by molar-refractivity contribution is 0.108. The van der Waals surface area contributed by atoms with Crippen LogP contribution in [0, 0.1) is 6.92 Å². The molecule has 2 aliphatic rings. The van der Waals surface area contributed by atoms with Gasteiger partial charge in [0.1, 0.15) is 36.4 Å². The summed E-state index contributed by atoms with van der Waals surface area (Å²) in [6, 6.07) is 7.89. The fourth-order valence-corrected chi connectivity index (χ4v) is 4.38. The number of fused-ring (bicyclic) bond motifs is 1. The Hall–Kier alpha value is -3.28. The molecule has 3 aromatic rings. The van der Waals surface area contributed by atoms with E-state index in [1.807, 2.05) is 24.3 Å². The van der Waals surface area contributed by atoms with Gasteiger partial charge >= 0.3 is 0 Å². The third-order valence-corrected chi connectivity index (χ3v) is 6.30. The molecule has 2 aromatic heterocycles. The minimum Gasteiger partial charge on any atom is -0.491 e. The van der Waals surface area contributed by atoms with Gasteiger partial charge in [-0.15, -0.1) is 10.2 Å². The first-order valence-electron chi connectivity index (χ1n) is 12.0. The van der Waals surface area contributed by atoms with E-state index < -0.39 is 6.10 Å². The molecule has 0 amide bonds. The van der Waals surface area contributed by atoms with Crippen LogP contribution in [0.1, 0.15) is 17.8 Å². The second-order valence-electron chi connectivity index (χ2n) is 8.96. The van der Waals surface area contributed by atoms with Gasteiger partial charge in [0.25, 0.3) is 0 Å². The molecule has 2 unspecified atom stereocenters. The first kappa shape index (κ1) is 23.5. The van der Waals surface area contributed by atoms with E-state index in [1.54, 1.807) is 13.4 Å². The molecule has 4 heterocycles. The van der Waals surface area contributed by atoms with Gasteiger partial charge < -0.3 is 34.7 Å². The summed E-state index contributed by atoms with van der Waals surface area (Å²) >= 11 is 0. The number of likely N-dealkylation sites (N-methyl/N-ethyl adjacent to an activating group) is 1. The van der Waals surface area contributed by atoms with E-state index >= 15 is 0 Å². The molecule has 2 aliphatic heterocycles. The number of nitrogens with zero attached hydrogens (tertiary/aromatic N) is 6. The van der Waals surface area contributed by atoms with Crippen LogP contribution < -0.4 is 20.3 Å². The third-order valence-electron chi connectivity index (χ3n) is 6.30. The molecule has 11 heteroatoms. The quantitative estimate of drug-likeness (QED) is 0.412. The Morgan fingerprint density at radius 1 is 1.29 bits per heavy atom. The van der Waals surface area contributed by atoms with Crippen LogP contribution in [0.3, 0.4) is 0 Å². The van der Waals surface area contributed by atoms with Crippen molar-refractivity contribution in [2.75, 3.05) is 50.2 Å². The molecule has 2 atom stereocenters. The molecule has 1 saturated heterocycles. The zero-order valence-electron chi connectivity index (χ0n) is 20.1. The van der Waals surface area contributed by atoms with E-state index in [2.05, 4.69) is 37.2 Å². The van der Waals surface area contributed by atoms with Crippen molar-refractivity contribution < 1.29 is 14.6 Å². The number of aromatic nitrogens is 5. The predicted molar refractivity (Wildman–Crippen MR) is 132 cm³/mol. The molecule has 35 heavy (non-hydrogen) atoms. The molecule has 1 fully saturated rings. The predicted octanol–water partition coefficient (Wildman–Crippen LogP) is 1.22. The summed E-state index contributed by atoms with van der Waals surface area (Å²) < 4.78 is 13.5. The van der Waals surface area contributed by atoms with E-state index in [-0.39, 0.29) is 12.6 Å². The van der Waals surface area contributed by atoms with Crippen LogP contribution in [0.5, 0.6) is 5.75 Å².